The van der Waals surface area contributed by atoms with E-state index in [4.69, 9.17) is 15.2 Å². The van der Waals surface area contributed by atoms with Crippen molar-refractivity contribution in [3.8, 4) is 5.75 Å². The molecule has 0 radical (unpaired) electrons. The number of fused-ring (bicyclic) bond motifs is 5. The van der Waals surface area contributed by atoms with Gasteiger partial charge in [0.25, 0.3) is 5.91 Å². The van der Waals surface area contributed by atoms with Crippen molar-refractivity contribution in [2.24, 2.45) is 5.73 Å². The van der Waals surface area contributed by atoms with Crippen LogP contribution >= 0.6 is 0 Å². The quantitative estimate of drug-likeness (QED) is 0.774. The van der Waals surface area contributed by atoms with Gasteiger partial charge in [-0.3, -0.25) is 4.79 Å². The van der Waals surface area contributed by atoms with Gasteiger partial charge in [-0.25, -0.2) is 0 Å². The SMILES string of the molecule is Cc1ccc2c(c1)[C@H]1CC[C@H](CC1)OC[C@H]1[C@@H](N)CCCN1C(=O)CO2. The molecule has 26 heavy (non-hydrogen) atoms. The Balaban J connectivity index is 1.63. The highest BCUT2D eigenvalue weighted by atomic mass is 16.5. The number of nitrogens with zero attached hydrogens (tertiary/aromatic N) is 1. The van der Waals surface area contributed by atoms with Crippen LogP contribution in [0.15, 0.2) is 18.2 Å². The molecule has 1 aliphatic carbocycles. The van der Waals surface area contributed by atoms with Crippen molar-refractivity contribution < 1.29 is 14.3 Å². The molecular weight excluding hydrogens is 328 g/mol. The van der Waals surface area contributed by atoms with Gasteiger partial charge >= 0.3 is 0 Å². The highest BCUT2D eigenvalue weighted by molar-refractivity contribution is 5.78. The molecule has 1 saturated carbocycles. The predicted molar refractivity (Wildman–Crippen MR) is 100 cm³/mol. The maximum atomic E-state index is 12.8. The first-order valence-electron chi connectivity index (χ1n) is 10.0. The minimum absolute atomic E-state index is 0.0101. The molecule has 5 heteroatoms. The van der Waals surface area contributed by atoms with Crippen molar-refractivity contribution in [2.45, 2.75) is 69.6 Å². The molecule has 0 unspecified atom stereocenters. The summed E-state index contributed by atoms with van der Waals surface area (Å²) in [6.45, 7) is 3.49. The smallest absolute Gasteiger partial charge is 0.260 e. The fourth-order valence-corrected chi connectivity index (χ4v) is 4.73. The Morgan fingerprint density at radius 2 is 1.96 bits per heavy atom. The molecule has 5 rings (SSSR count). The topological polar surface area (TPSA) is 64.8 Å². The van der Waals surface area contributed by atoms with Crippen LogP contribution in [-0.2, 0) is 9.53 Å². The highest BCUT2D eigenvalue weighted by Gasteiger charge is 2.34. The third-order valence-electron chi connectivity index (χ3n) is 6.28. The van der Waals surface area contributed by atoms with Gasteiger partial charge in [-0.1, -0.05) is 17.7 Å². The third kappa shape index (κ3) is 3.60. The highest BCUT2D eigenvalue weighted by Crippen LogP contribution is 2.39. The summed E-state index contributed by atoms with van der Waals surface area (Å²) in [7, 11) is 0. The molecule has 5 nitrogen and oxygen atoms in total. The van der Waals surface area contributed by atoms with E-state index in [-0.39, 0.29) is 30.7 Å². The molecule has 1 saturated heterocycles. The van der Waals surface area contributed by atoms with Crippen LogP contribution in [0.2, 0.25) is 0 Å². The Kier molecular flexibility index (Phi) is 5.18. The van der Waals surface area contributed by atoms with Crippen LogP contribution in [0.5, 0.6) is 5.75 Å². The Bertz CT molecular complexity index is 655. The van der Waals surface area contributed by atoms with Gasteiger partial charge in [-0.05, 0) is 63.0 Å². The Morgan fingerprint density at radius 1 is 1.15 bits per heavy atom. The molecule has 2 bridgehead atoms. The van der Waals surface area contributed by atoms with E-state index in [1.165, 1.54) is 11.1 Å². The van der Waals surface area contributed by atoms with E-state index in [1.54, 1.807) is 0 Å². The molecule has 2 atom stereocenters. The van der Waals surface area contributed by atoms with E-state index in [2.05, 4.69) is 19.1 Å². The lowest BCUT2D eigenvalue weighted by atomic mass is 9.82. The average Bonchev–Trinajstić information content (AvgIpc) is 2.67. The van der Waals surface area contributed by atoms with Crippen molar-refractivity contribution in [1.29, 1.82) is 0 Å². The maximum absolute atomic E-state index is 12.8. The van der Waals surface area contributed by atoms with Crippen LogP contribution in [0.25, 0.3) is 0 Å². The molecule has 2 fully saturated rings. The Morgan fingerprint density at radius 3 is 2.77 bits per heavy atom. The number of benzene rings is 1. The van der Waals surface area contributed by atoms with Gasteiger partial charge in [0.15, 0.2) is 6.61 Å². The second kappa shape index (κ2) is 7.57. The number of carbonyl (C=O) groups is 1. The van der Waals surface area contributed by atoms with Crippen LogP contribution in [-0.4, -0.2) is 48.8 Å². The molecule has 3 aliphatic heterocycles. The molecule has 0 spiro atoms. The number of nitrogens with two attached hydrogens (primary N) is 1. The second-order valence-corrected chi connectivity index (χ2v) is 8.10. The molecular formula is C21H30N2O3. The van der Waals surface area contributed by atoms with Crippen molar-refractivity contribution in [2.75, 3.05) is 19.8 Å². The number of piperidine rings is 1. The lowest BCUT2D eigenvalue weighted by Gasteiger charge is -2.40. The predicted octanol–water partition coefficient (Wildman–Crippen LogP) is 2.75. The zero-order chi connectivity index (χ0) is 18.1. The van der Waals surface area contributed by atoms with E-state index >= 15 is 0 Å². The van der Waals surface area contributed by atoms with Gasteiger partial charge in [0.2, 0.25) is 0 Å². The molecule has 2 N–H and O–H groups in total. The normalized spacial score (nSPS) is 32.5. The fourth-order valence-electron chi connectivity index (χ4n) is 4.73. The first kappa shape index (κ1) is 17.8. The lowest BCUT2D eigenvalue weighted by molar-refractivity contribution is -0.140. The summed E-state index contributed by atoms with van der Waals surface area (Å²) in [5.74, 6) is 1.38. The second-order valence-electron chi connectivity index (χ2n) is 8.10. The van der Waals surface area contributed by atoms with E-state index in [9.17, 15) is 4.79 Å². The van der Waals surface area contributed by atoms with Crippen LogP contribution < -0.4 is 10.5 Å². The first-order chi connectivity index (χ1) is 12.6. The summed E-state index contributed by atoms with van der Waals surface area (Å²) in [6.07, 6.45) is 6.53. The Hall–Kier alpha value is -1.59. The van der Waals surface area contributed by atoms with Gasteiger partial charge in [0, 0.05) is 12.6 Å². The summed E-state index contributed by atoms with van der Waals surface area (Å²) in [4.78, 5) is 14.7. The van der Waals surface area contributed by atoms with Gasteiger partial charge in [-0.2, -0.15) is 0 Å². The van der Waals surface area contributed by atoms with Crippen LogP contribution in [0.3, 0.4) is 0 Å². The summed E-state index contributed by atoms with van der Waals surface area (Å²) in [6, 6.07) is 6.28. The van der Waals surface area contributed by atoms with Crippen LogP contribution in [0, 0.1) is 6.92 Å². The molecule has 142 valence electrons. The molecule has 1 amide bonds. The van der Waals surface area contributed by atoms with Gasteiger partial charge < -0.3 is 20.1 Å². The number of hydrogen-bond acceptors (Lipinski definition) is 4. The van der Waals surface area contributed by atoms with Crippen molar-refractivity contribution >= 4 is 5.91 Å². The summed E-state index contributed by atoms with van der Waals surface area (Å²) < 4.78 is 12.3. The van der Waals surface area contributed by atoms with Crippen molar-refractivity contribution in [1.82, 2.24) is 4.90 Å². The summed E-state index contributed by atoms with van der Waals surface area (Å²) in [5.41, 5.74) is 8.83. The molecule has 4 aliphatic rings. The van der Waals surface area contributed by atoms with Gasteiger partial charge in [-0.15, -0.1) is 0 Å². The van der Waals surface area contributed by atoms with Crippen molar-refractivity contribution in [3.63, 3.8) is 0 Å². The van der Waals surface area contributed by atoms with Crippen LogP contribution in [0.4, 0.5) is 0 Å². The number of amides is 1. The number of rotatable bonds is 0. The number of aryl methyl sites for hydroxylation is 1. The molecule has 1 aromatic carbocycles. The largest absolute Gasteiger partial charge is 0.483 e. The monoisotopic (exact) mass is 358 g/mol. The van der Waals surface area contributed by atoms with E-state index < -0.39 is 0 Å². The van der Waals surface area contributed by atoms with Gasteiger partial charge in [0.05, 0.1) is 18.8 Å². The summed E-state index contributed by atoms with van der Waals surface area (Å²) in [5, 5.41) is 0. The fraction of sp³-hybridized carbons (Fsp3) is 0.667. The van der Waals surface area contributed by atoms with E-state index in [0.29, 0.717) is 12.5 Å². The molecule has 1 aromatic rings. The van der Waals surface area contributed by atoms with Gasteiger partial charge in [0.1, 0.15) is 5.75 Å². The molecule has 0 aromatic heterocycles. The number of hydrogen-bond donors (Lipinski definition) is 1. The summed E-state index contributed by atoms with van der Waals surface area (Å²) >= 11 is 0. The number of ether oxygens (including phenoxy) is 2. The van der Waals surface area contributed by atoms with Crippen LogP contribution in [0.1, 0.15) is 55.6 Å². The Labute approximate surface area is 155 Å². The van der Waals surface area contributed by atoms with E-state index in [0.717, 1.165) is 50.8 Å². The zero-order valence-electron chi connectivity index (χ0n) is 15.7. The minimum Gasteiger partial charge on any atom is -0.483 e. The third-order valence-corrected chi connectivity index (χ3v) is 6.28. The standard InChI is InChI=1S/C21H30N2O3/c1-14-4-9-20-17(11-14)15-5-7-16(8-6-15)25-12-19-18(22)3-2-10-23(19)21(24)13-26-20/h4,9,11,15-16,18-19H,2-3,5-8,10,12-13,22H2,1H3/t15-,16+,18-,19-/m0/s1. The number of carbonyl (C=O) groups excluding carboxylic acids is 1. The van der Waals surface area contributed by atoms with Crippen molar-refractivity contribution in [3.05, 3.63) is 29.3 Å². The zero-order valence-corrected chi connectivity index (χ0v) is 15.7. The molecule has 3 heterocycles. The maximum Gasteiger partial charge on any atom is 0.260 e. The van der Waals surface area contributed by atoms with E-state index in [1.807, 2.05) is 11.0 Å². The lowest BCUT2D eigenvalue weighted by Crippen LogP contribution is -2.57. The first-order valence-corrected chi connectivity index (χ1v) is 10.0. The minimum atomic E-state index is -0.0317. The average molecular weight is 358 g/mol.